The first-order valence-corrected chi connectivity index (χ1v) is 6.43. The van der Waals surface area contributed by atoms with Crippen molar-refractivity contribution < 1.29 is 14.6 Å². The molecule has 0 heterocycles. The molecule has 4 heteroatoms. The minimum Gasteiger partial charge on any atom is -0.496 e. The number of hydrogen-bond acceptors (Lipinski definition) is 3. The largest absolute Gasteiger partial charge is 0.496 e. The summed E-state index contributed by atoms with van der Waals surface area (Å²) in [5.41, 5.74) is 8.98. The van der Waals surface area contributed by atoms with Crippen LogP contribution in [0.1, 0.15) is 36.6 Å². The van der Waals surface area contributed by atoms with Gasteiger partial charge in [0.2, 0.25) is 0 Å². The molecule has 0 saturated heterocycles. The zero-order chi connectivity index (χ0) is 14.7. The monoisotopic (exact) mass is 265 g/mol. The van der Waals surface area contributed by atoms with Gasteiger partial charge in [0.1, 0.15) is 5.75 Å². The van der Waals surface area contributed by atoms with Crippen LogP contribution in [0, 0.1) is 25.7 Å². The number of aryl methyl sites for hydroxylation is 2. The summed E-state index contributed by atoms with van der Waals surface area (Å²) in [5.74, 6) is -0.859. The van der Waals surface area contributed by atoms with Gasteiger partial charge < -0.3 is 15.6 Å². The van der Waals surface area contributed by atoms with Crippen molar-refractivity contribution in [3.05, 3.63) is 28.8 Å². The summed E-state index contributed by atoms with van der Waals surface area (Å²) < 4.78 is 5.39. The van der Waals surface area contributed by atoms with E-state index in [0.29, 0.717) is 5.75 Å². The fraction of sp³-hybridized carbons (Fsp3) is 0.533. The molecular formula is C15H23NO3. The lowest BCUT2D eigenvalue weighted by molar-refractivity contribution is -0.144. The molecule has 4 nitrogen and oxygen atoms in total. The van der Waals surface area contributed by atoms with Crippen molar-refractivity contribution in [2.75, 3.05) is 7.11 Å². The highest BCUT2D eigenvalue weighted by Crippen LogP contribution is 2.35. The molecule has 0 aliphatic rings. The van der Waals surface area contributed by atoms with E-state index < -0.39 is 17.9 Å². The predicted octanol–water partition coefficient (Wildman–Crippen LogP) is 2.67. The summed E-state index contributed by atoms with van der Waals surface area (Å²) in [4.78, 5) is 11.4. The van der Waals surface area contributed by atoms with Crippen molar-refractivity contribution in [1.29, 1.82) is 0 Å². The Morgan fingerprint density at radius 3 is 2.32 bits per heavy atom. The molecule has 19 heavy (non-hydrogen) atoms. The van der Waals surface area contributed by atoms with Crippen molar-refractivity contribution in [2.24, 2.45) is 17.6 Å². The molecule has 1 rings (SSSR count). The van der Waals surface area contributed by atoms with Crippen LogP contribution >= 0.6 is 0 Å². The van der Waals surface area contributed by atoms with E-state index in [2.05, 4.69) is 0 Å². The lowest BCUT2D eigenvalue weighted by atomic mass is 9.84. The molecule has 3 N–H and O–H groups in total. The van der Waals surface area contributed by atoms with Crippen LogP contribution in [0.3, 0.4) is 0 Å². The van der Waals surface area contributed by atoms with Gasteiger partial charge in [-0.2, -0.15) is 0 Å². The van der Waals surface area contributed by atoms with E-state index >= 15 is 0 Å². The molecule has 0 fully saturated rings. The van der Waals surface area contributed by atoms with E-state index in [1.165, 1.54) is 0 Å². The van der Waals surface area contributed by atoms with Gasteiger partial charge in [-0.15, -0.1) is 0 Å². The highest BCUT2D eigenvalue weighted by molar-refractivity contribution is 5.72. The van der Waals surface area contributed by atoms with Crippen LogP contribution in [-0.2, 0) is 4.79 Å². The summed E-state index contributed by atoms with van der Waals surface area (Å²) in [5, 5.41) is 9.36. The van der Waals surface area contributed by atoms with Crippen molar-refractivity contribution in [1.82, 2.24) is 0 Å². The second-order valence-corrected chi connectivity index (χ2v) is 5.34. The number of carbonyl (C=O) groups is 1. The van der Waals surface area contributed by atoms with Crippen LogP contribution in [0.2, 0.25) is 0 Å². The topological polar surface area (TPSA) is 72.5 Å². The quantitative estimate of drug-likeness (QED) is 0.858. The molecule has 2 atom stereocenters. The van der Waals surface area contributed by atoms with Crippen LogP contribution in [0.5, 0.6) is 5.75 Å². The van der Waals surface area contributed by atoms with Gasteiger partial charge >= 0.3 is 5.97 Å². The van der Waals surface area contributed by atoms with E-state index in [0.717, 1.165) is 16.7 Å². The zero-order valence-corrected chi connectivity index (χ0v) is 12.2. The first-order valence-electron chi connectivity index (χ1n) is 6.43. The average molecular weight is 265 g/mol. The van der Waals surface area contributed by atoms with E-state index in [-0.39, 0.29) is 5.92 Å². The third-order valence-electron chi connectivity index (χ3n) is 3.40. The number of benzene rings is 1. The smallest absolute Gasteiger partial charge is 0.308 e. The number of carboxylic acids is 1. The van der Waals surface area contributed by atoms with Crippen LogP contribution < -0.4 is 10.5 Å². The molecule has 0 saturated carbocycles. The number of rotatable bonds is 5. The molecule has 0 aliphatic carbocycles. The molecule has 0 amide bonds. The number of ether oxygens (including phenoxy) is 1. The fourth-order valence-corrected chi connectivity index (χ4v) is 2.56. The first-order chi connectivity index (χ1) is 8.79. The number of nitrogens with two attached hydrogens (primary N) is 1. The third-order valence-corrected chi connectivity index (χ3v) is 3.40. The Hall–Kier alpha value is -1.55. The van der Waals surface area contributed by atoms with Gasteiger partial charge in [-0.05, 0) is 25.3 Å². The summed E-state index contributed by atoms with van der Waals surface area (Å²) in [6.07, 6.45) is 0. The molecule has 1 aromatic rings. The van der Waals surface area contributed by atoms with Crippen molar-refractivity contribution in [3.8, 4) is 5.75 Å². The van der Waals surface area contributed by atoms with E-state index in [1.54, 1.807) is 7.11 Å². The Labute approximate surface area is 114 Å². The van der Waals surface area contributed by atoms with Gasteiger partial charge in [0.05, 0.1) is 13.0 Å². The first kappa shape index (κ1) is 15.5. The maximum atomic E-state index is 11.4. The van der Waals surface area contributed by atoms with E-state index in [4.69, 9.17) is 10.5 Å². The van der Waals surface area contributed by atoms with Crippen LogP contribution in [0.4, 0.5) is 0 Å². The highest BCUT2D eigenvalue weighted by atomic mass is 16.5. The minimum atomic E-state index is -0.872. The second-order valence-electron chi connectivity index (χ2n) is 5.34. The number of carboxylic acid groups (broad SMARTS) is 1. The minimum absolute atomic E-state index is 0.0435. The van der Waals surface area contributed by atoms with E-state index in [1.807, 2.05) is 39.8 Å². The van der Waals surface area contributed by atoms with Crippen LogP contribution in [0.25, 0.3) is 0 Å². The second kappa shape index (κ2) is 6.06. The Morgan fingerprint density at radius 1 is 1.32 bits per heavy atom. The van der Waals surface area contributed by atoms with Gasteiger partial charge in [-0.25, -0.2) is 0 Å². The summed E-state index contributed by atoms with van der Waals surface area (Å²) in [6.45, 7) is 7.64. The van der Waals surface area contributed by atoms with Crippen molar-refractivity contribution >= 4 is 5.97 Å². The Bertz CT molecular complexity index is 469. The molecule has 2 unspecified atom stereocenters. The summed E-state index contributed by atoms with van der Waals surface area (Å²) >= 11 is 0. The molecule has 0 radical (unpaired) electrons. The fourth-order valence-electron chi connectivity index (χ4n) is 2.56. The predicted molar refractivity (Wildman–Crippen MR) is 75.4 cm³/mol. The standard InChI is InChI=1S/C15H23NO3/c1-8(2)12(15(17)18)13(16)11-7-9(3)6-10(4)14(11)19-5/h6-8,12-13H,16H2,1-5H3,(H,17,18). The lowest BCUT2D eigenvalue weighted by Gasteiger charge is -2.26. The maximum absolute atomic E-state index is 11.4. The number of methoxy groups -OCH3 is 1. The molecule has 0 spiro atoms. The van der Waals surface area contributed by atoms with Gasteiger partial charge in [-0.3, -0.25) is 4.79 Å². The lowest BCUT2D eigenvalue weighted by Crippen LogP contribution is -2.32. The molecule has 1 aromatic carbocycles. The third kappa shape index (κ3) is 3.26. The van der Waals surface area contributed by atoms with E-state index in [9.17, 15) is 9.90 Å². The van der Waals surface area contributed by atoms with Crippen LogP contribution in [0.15, 0.2) is 12.1 Å². The molecule has 0 aliphatic heterocycles. The molecule has 106 valence electrons. The Kier molecular flexibility index (Phi) is 4.95. The van der Waals surface area contributed by atoms with Crippen LogP contribution in [-0.4, -0.2) is 18.2 Å². The average Bonchev–Trinajstić information content (AvgIpc) is 2.26. The maximum Gasteiger partial charge on any atom is 0.308 e. The zero-order valence-electron chi connectivity index (χ0n) is 12.2. The van der Waals surface area contributed by atoms with Gasteiger partial charge in [0.25, 0.3) is 0 Å². The summed E-state index contributed by atoms with van der Waals surface area (Å²) in [7, 11) is 1.58. The van der Waals surface area contributed by atoms with Gasteiger partial charge in [0.15, 0.2) is 0 Å². The SMILES string of the molecule is COc1c(C)cc(C)cc1C(N)C(C(=O)O)C(C)C. The van der Waals surface area contributed by atoms with Crippen molar-refractivity contribution in [3.63, 3.8) is 0 Å². The summed E-state index contributed by atoms with van der Waals surface area (Å²) in [6, 6.07) is 3.33. The Balaban J connectivity index is 3.31. The van der Waals surface area contributed by atoms with Gasteiger partial charge in [-0.1, -0.05) is 31.5 Å². The molecule has 0 aromatic heterocycles. The number of hydrogen-bond donors (Lipinski definition) is 2. The van der Waals surface area contributed by atoms with Gasteiger partial charge in [0, 0.05) is 11.6 Å². The highest BCUT2D eigenvalue weighted by Gasteiger charge is 2.31. The molecule has 0 bridgehead atoms. The Morgan fingerprint density at radius 2 is 1.89 bits per heavy atom. The normalized spacial score (nSPS) is 14.3. The number of aliphatic carboxylic acids is 1. The van der Waals surface area contributed by atoms with Crippen molar-refractivity contribution in [2.45, 2.75) is 33.7 Å². The molecular weight excluding hydrogens is 242 g/mol.